The third-order valence-electron chi connectivity index (χ3n) is 2.72. The number of rotatable bonds is 5. The summed E-state index contributed by atoms with van der Waals surface area (Å²) in [5.74, 6) is -3.14. The molecule has 112 valence electrons. The molecule has 8 heteroatoms. The van der Waals surface area contributed by atoms with Crippen LogP contribution in [0.25, 0.3) is 0 Å². The van der Waals surface area contributed by atoms with E-state index < -0.39 is 29.8 Å². The van der Waals surface area contributed by atoms with Crippen LogP contribution in [0.4, 0.5) is 0 Å². The van der Waals surface area contributed by atoms with Crippen LogP contribution in [-0.2, 0) is 14.4 Å². The number of hydrogen-bond donors (Lipinski definition) is 2. The molecule has 0 fully saturated rings. The molecule has 3 unspecified atom stereocenters. The molecule has 0 bridgehead atoms. The Balaban J connectivity index is 0. The molecule has 0 radical (unpaired) electrons. The number of carboxylic acids is 1. The minimum atomic E-state index is -1.03. The molecule has 0 heterocycles. The van der Waals surface area contributed by atoms with Crippen molar-refractivity contribution in [1.29, 1.82) is 0 Å². The zero-order chi connectivity index (χ0) is 15.7. The minimum absolute atomic E-state index is 0.228. The summed E-state index contributed by atoms with van der Waals surface area (Å²) < 4.78 is 0. The van der Waals surface area contributed by atoms with Crippen LogP contribution in [0.3, 0.4) is 0 Å². The topological polar surface area (TPSA) is 86.7 Å². The lowest BCUT2D eigenvalue weighted by atomic mass is 9.95. The number of likely N-dealkylation sites (N-methyl/N-ethyl adjacent to an activating group) is 1. The Hall–Kier alpha value is -0.130. The fraction of sp³-hybridized carbons (Fsp3) is 0.727. The highest BCUT2D eigenvalue weighted by atomic mass is 128. The molecule has 0 saturated carbocycles. The smallest absolute Gasteiger partial charge is 0.307 e. The first-order valence-electron chi connectivity index (χ1n) is 5.57. The molecule has 3 atom stereocenters. The van der Waals surface area contributed by atoms with Crippen molar-refractivity contribution in [2.75, 3.05) is 14.1 Å². The molecule has 0 saturated heterocycles. The summed E-state index contributed by atoms with van der Waals surface area (Å²) >= 11 is 4.24. The number of nitrogens with zero attached hydrogens (tertiary/aromatic N) is 1. The molecule has 2 amide bonds. The minimum Gasteiger partial charge on any atom is -0.481 e. The van der Waals surface area contributed by atoms with Gasteiger partial charge in [0, 0.05) is 57.2 Å². The van der Waals surface area contributed by atoms with Gasteiger partial charge in [-0.25, -0.2) is 0 Å². The average Bonchev–Trinajstić information content (AvgIpc) is 2.37. The second-order valence-corrected chi connectivity index (χ2v) is 4.38. The fourth-order valence-corrected chi connectivity index (χ4v) is 1.23. The van der Waals surface area contributed by atoms with Crippen molar-refractivity contribution in [3.8, 4) is 0 Å². The van der Waals surface area contributed by atoms with E-state index in [1.807, 2.05) is 0 Å². The van der Waals surface area contributed by atoms with Gasteiger partial charge in [-0.2, -0.15) is 0 Å². The summed E-state index contributed by atoms with van der Waals surface area (Å²) in [6.45, 7) is 4.56. The van der Waals surface area contributed by atoms with Crippen molar-refractivity contribution < 1.29 is 19.5 Å². The first-order chi connectivity index (χ1) is 8.68. The summed E-state index contributed by atoms with van der Waals surface area (Å²) in [7, 11) is 3.18. The van der Waals surface area contributed by atoms with Crippen LogP contribution in [0.15, 0.2) is 0 Å². The molecule has 6 nitrogen and oxygen atoms in total. The van der Waals surface area contributed by atoms with Gasteiger partial charge in [-0.05, 0) is 6.92 Å². The fourth-order valence-electron chi connectivity index (χ4n) is 1.23. The molecule has 2 N–H and O–H groups in total. The standard InChI is InChI=1S/C11H20N2O4.I2/c1-6(7(2)11(16)17)9(14)12-8(3)10(15)13(4)5;1-2/h6-8H,1-5H3,(H,12,14)(H,16,17);. The number of nitrogens with one attached hydrogen (secondary N) is 1. The van der Waals surface area contributed by atoms with Crippen LogP contribution in [0, 0.1) is 11.8 Å². The first-order valence-corrected chi connectivity index (χ1v) is 11.9. The molecule has 0 aromatic heterocycles. The largest absolute Gasteiger partial charge is 0.481 e. The van der Waals surface area contributed by atoms with Crippen molar-refractivity contribution in [2.24, 2.45) is 11.8 Å². The Morgan fingerprint density at radius 2 is 1.47 bits per heavy atom. The zero-order valence-electron chi connectivity index (χ0n) is 11.6. The van der Waals surface area contributed by atoms with Crippen LogP contribution in [0.5, 0.6) is 0 Å². The molecular weight excluding hydrogens is 478 g/mol. The van der Waals surface area contributed by atoms with Crippen molar-refractivity contribution >= 4 is 55.0 Å². The number of hydrogen-bond acceptors (Lipinski definition) is 3. The van der Waals surface area contributed by atoms with Gasteiger partial charge in [0.25, 0.3) is 0 Å². The first kappa shape index (κ1) is 21.2. The Bertz CT molecular complexity index is 324. The van der Waals surface area contributed by atoms with E-state index in [2.05, 4.69) is 42.5 Å². The quantitative estimate of drug-likeness (QED) is 0.566. The van der Waals surface area contributed by atoms with Gasteiger partial charge in [-0.15, -0.1) is 0 Å². The van der Waals surface area contributed by atoms with Crippen LogP contribution in [-0.4, -0.2) is 47.9 Å². The molecule has 0 aromatic rings. The summed E-state index contributed by atoms with van der Waals surface area (Å²) in [6, 6.07) is -0.652. The van der Waals surface area contributed by atoms with Gasteiger partial charge in [-0.1, -0.05) is 13.8 Å². The third-order valence-corrected chi connectivity index (χ3v) is 2.72. The molecule has 19 heavy (non-hydrogen) atoms. The van der Waals surface area contributed by atoms with Gasteiger partial charge >= 0.3 is 5.97 Å². The maximum absolute atomic E-state index is 11.7. The van der Waals surface area contributed by atoms with Gasteiger partial charge in [0.2, 0.25) is 11.8 Å². The van der Waals surface area contributed by atoms with Gasteiger partial charge < -0.3 is 15.3 Å². The lowest BCUT2D eigenvalue weighted by Crippen LogP contribution is -2.47. The van der Waals surface area contributed by atoms with E-state index in [4.69, 9.17) is 5.11 Å². The normalized spacial score (nSPS) is 14.3. The SMILES string of the molecule is CC(NC(=O)C(C)C(C)C(=O)O)C(=O)N(C)C.II. The van der Waals surface area contributed by atoms with Crippen LogP contribution in [0.2, 0.25) is 0 Å². The van der Waals surface area contributed by atoms with Crippen molar-refractivity contribution in [2.45, 2.75) is 26.8 Å². The number of amides is 2. The van der Waals surface area contributed by atoms with Gasteiger partial charge in [0.05, 0.1) is 5.92 Å². The molecule has 0 rings (SSSR count). The third kappa shape index (κ3) is 7.90. The van der Waals surface area contributed by atoms with Crippen molar-refractivity contribution in [1.82, 2.24) is 10.2 Å². The van der Waals surface area contributed by atoms with Crippen molar-refractivity contribution in [3.05, 3.63) is 0 Å². The maximum Gasteiger partial charge on any atom is 0.307 e. The molecular formula is C11H20I2N2O4. The van der Waals surface area contributed by atoms with E-state index in [1.54, 1.807) is 21.0 Å². The molecule has 0 aliphatic heterocycles. The molecule has 0 aromatic carbocycles. The Kier molecular flexibility index (Phi) is 11.8. The zero-order valence-corrected chi connectivity index (χ0v) is 15.9. The van der Waals surface area contributed by atoms with Crippen molar-refractivity contribution in [3.63, 3.8) is 0 Å². The summed E-state index contributed by atoms with van der Waals surface area (Å²) in [4.78, 5) is 35.3. The Labute approximate surface area is 137 Å². The highest BCUT2D eigenvalue weighted by Gasteiger charge is 2.28. The summed E-state index contributed by atoms with van der Waals surface area (Å²) in [5, 5.41) is 11.3. The summed E-state index contributed by atoms with van der Waals surface area (Å²) in [6.07, 6.45) is 0. The second-order valence-electron chi connectivity index (χ2n) is 4.38. The predicted octanol–water partition coefficient (Wildman–Crippen LogP) is 1.71. The number of aliphatic carboxylic acids is 1. The summed E-state index contributed by atoms with van der Waals surface area (Å²) in [5.41, 5.74) is 0. The lowest BCUT2D eigenvalue weighted by Gasteiger charge is -2.21. The highest BCUT2D eigenvalue weighted by Crippen LogP contribution is 2.11. The maximum atomic E-state index is 11.7. The van der Waals surface area contributed by atoms with E-state index in [0.717, 1.165) is 0 Å². The molecule has 0 aliphatic rings. The van der Waals surface area contributed by atoms with Crippen LogP contribution >= 0.6 is 37.2 Å². The van der Waals surface area contributed by atoms with Gasteiger partial charge in [0.1, 0.15) is 6.04 Å². The molecule has 0 aliphatic carbocycles. The van der Waals surface area contributed by atoms with E-state index >= 15 is 0 Å². The van der Waals surface area contributed by atoms with E-state index in [1.165, 1.54) is 18.7 Å². The van der Waals surface area contributed by atoms with E-state index in [9.17, 15) is 14.4 Å². The Morgan fingerprint density at radius 3 is 1.79 bits per heavy atom. The van der Waals surface area contributed by atoms with Gasteiger partial charge in [-0.3, -0.25) is 14.4 Å². The second kappa shape index (κ2) is 10.6. The van der Waals surface area contributed by atoms with Crippen LogP contribution < -0.4 is 5.32 Å². The Morgan fingerprint density at radius 1 is 1.05 bits per heavy atom. The predicted molar refractivity (Wildman–Crippen MR) is 90.3 cm³/mol. The van der Waals surface area contributed by atoms with E-state index in [0.29, 0.717) is 0 Å². The lowest BCUT2D eigenvalue weighted by molar-refractivity contribution is -0.146. The number of carbonyl (C=O) groups excluding carboxylic acids is 2. The number of halogens is 2. The average molecular weight is 498 g/mol. The number of carboxylic acid groups (broad SMARTS) is 1. The monoisotopic (exact) mass is 498 g/mol. The van der Waals surface area contributed by atoms with Gasteiger partial charge in [0.15, 0.2) is 0 Å². The molecule has 0 spiro atoms. The number of carbonyl (C=O) groups is 3. The van der Waals surface area contributed by atoms with Crippen LogP contribution in [0.1, 0.15) is 20.8 Å². The highest BCUT2D eigenvalue weighted by molar-refractivity contribution is 15.0. The van der Waals surface area contributed by atoms with E-state index in [-0.39, 0.29) is 5.91 Å².